The van der Waals surface area contributed by atoms with Crippen molar-refractivity contribution in [2.24, 2.45) is 0 Å². The van der Waals surface area contributed by atoms with Crippen molar-refractivity contribution in [3.05, 3.63) is 30.3 Å². The highest BCUT2D eigenvalue weighted by Gasteiger charge is 2.32. The Labute approximate surface area is 291 Å². The van der Waals surface area contributed by atoms with Gasteiger partial charge in [-0.2, -0.15) is 8.42 Å². The average molecular weight is 798 g/mol. The van der Waals surface area contributed by atoms with Crippen LogP contribution in [0.25, 0.3) is 0 Å². The third-order valence-corrected chi connectivity index (χ3v) is 15.0. The number of rotatable bonds is 10. The lowest BCUT2D eigenvalue weighted by atomic mass is 10.4. The first-order valence-electron chi connectivity index (χ1n) is 15.1. The maximum Gasteiger partial charge on any atom is 0.408 e. The van der Waals surface area contributed by atoms with E-state index in [0.29, 0.717) is 4.90 Å². The lowest BCUT2D eigenvalue weighted by Crippen LogP contribution is -2.38. The number of benzene rings is 1. The van der Waals surface area contributed by atoms with Crippen LogP contribution in [0.2, 0.25) is 0 Å². The Hall–Kier alpha value is -2.79. The smallest absolute Gasteiger partial charge is 0.408 e. The minimum Gasteiger partial charge on any atom is -0.446 e. The Kier molecular flexibility index (Phi) is 20.2. The summed E-state index contributed by atoms with van der Waals surface area (Å²) in [6, 6.07) is 8.47. The molecule has 2 fully saturated rings. The third kappa shape index (κ3) is 17.1. The van der Waals surface area contributed by atoms with Gasteiger partial charge in [-0.3, -0.25) is 0 Å². The summed E-state index contributed by atoms with van der Waals surface area (Å²) in [7, 11) is -13.7. The topological polar surface area (TPSA) is 254 Å². The quantitative estimate of drug-likeness (QED) is 0.247. The molecule has 1 aromatic rings. The van der Waals surface area contributed by atoms with Crippen molar-refractivity contribution in [1.29, 1.82) is 0 Å². The van der Waals surface area contributed by atoms with E-state index in [1.807, 2.05) is 0 Å². The van der Waals surface area contributed by atoms with Crippen LogP contribution in [0.15, 0.2) is 35.2 Å². The molecule has 284 valence electrons. The molecule has 4 rings (SSSR count). The summed E-state index contributed by atoms with van der Waals surface area (Å²) in [5, 5.41) is 1.35. The Balaban J connectivity index is 0.000000593. The summed E-state index contributed by atoms with van der Waals surface area (Å²) in [5.41, 5.74) is 2.45. The van der Waals surface area contributed by atoms with Crippen LogP contribution in [0.4, 0.5) is 4.79 Å². The van der Waals surface area contributed by atoms with Gasteiger partial charge in [-0.25, -0.2) is 52.2 Å². The molecule has 3 aliphatic heterocycles. The zero-order chi connectivity index (χ0) is 37.9. The highest BCUT2D eigenvalue weighted by Crippen LogP contribution is 2.12. The normalized spacial score (nSPS) is 17.4. The number of sulfone groups is 2. The number of hydrogen-bond acceptors (Lipinski definition) is 13. The number of carbonyl (C=O) groups excluding carboxylic acids is 1. The maximum atomic E-state index is 11.2. The summed E-state index contributed by atoms with van der Waals surface area (Å²) < 4.78 is 122. The van der Waals surface area contributed by atoms with Crippen molar-refractivity contribution in [3.63, 3.8) is 0 Å². The minimum absolute atomic E-state index is 0.0152. The predicted molar refractivity (Wildman–Crippen MR) is 189 cm³/mol. The van der Waals surface area contributed by atoms with Gasteiger partial charge in [0, 0.05) is 18.8 Å². The summed E-state index contributed by atoms with van der Waals surface area (Å²) >= 11 is 0. The number of hydrogen-bond donors (Lipinski definition) is 3. The lowest BCUT2D eigenvalue weighted by molar-refractivity contribution is 0.178. The zero-order valence-corrected chi connectivity index (χ0v) is 32.6. The summed E-state index contributed by atoms with van der Waals surface area (Å²) in [4.78, 5) is 10.8. The fourth-order valence-corrected chi connectivity index (χ4v) is 7.37. The minimum atomic E-state index is -3.19. The lowest BCUT2D eigenvalue weighted by Gasteiger charge is -2.12. The van der Waals surface area contributed by atoms with E-state index >= 15 is 0 Å². The largest absolute Gasteiger partial charge is 0.446 e. The molecular weight excluding hydrogens is 749 g/mol. The van der Waals surface area contributed by atoms with E-state index in [-0.39, 0.29) is 35.4 Å². The molecule has 0 saturated carbocycles. The number of cyclic esters (lactones) is 1. The van der Waals surface area contributed by atoms with Crippen molar-refractivity contribution in [3.8, 4) is 0 Å². The Morgan fingerprint density at radius 3 is 1.69 bits per heavy atom. The van der Waals surface area contributed by atoms with E-state index in [9.17, 15) is 46.9 Å². The van der Waals surface area contributed by atoms with Gasteiger partial charge in [0.25, 0.3) is 0 Å². The zero-order valence-electron chi connectivity index (χ0n) is 28.5. The molecule has 23 heteroatoms. The van der Waals surface area contributed by atoms with Crippen LogP contribution < -0.4 is 20.1 Å². The molecule has 0 aliphatic carbocycles. The fraction of sp³-hybridized carbons (Fsp3) is 0.654. The highest BCUT2D eigenvalue weighted by atomic mass is 32.2. The van der Waals surface area contributed by atoms with E-state index in [2.05, 4.69) is 24.9 Å². The number of sulfonamides is 3. The van der Waals surface area contributed by atoms with Crippen LogP contribution in [0.1, 0.15) is 47.5 Å². The first kappa shape index (κ1) is 46.2. The van der Waals surface area contributed by atoms with E-state index in [0.717, 1.165) is 30.3 Å². The van der Waals surface area contributed by atoms with Crippen molar-refractivity contribution >= 4 is 68.5 Å². The van der Waals surface area contributed by atoms with Crippen molar-refractivity contribution in [1.82, 2.24) is 28.9 Å². The summed E-state index contributed by atoms with van der Waals surface area (Å²) in [6.45, 7) is 9.41. The molecule has 3 N–H and O–H groups in total. The van der Waals surface area contributed by atoms with Gasteiger partial charge in [-0.05, 0) is 57.2 Å². The summed E-state index contributed by atoms with van der Waals surface area (Å²) in [5.74, 6) is 0.648. The van der Waals surface area contributed by atoms with Crippen LogP contribution in [-0.4, -0.2) is 130 Å². The monoisotopic (exact) mass is 797 g/mol. The van der Waals surface area contributed by atoms with Gasteiger partial charge in [0.05, 0.1) is 27.9 Å². The van der Waals surface area contributed by atoms with Crippen LogP contribution in [0, 0.1) is 0 Å². The van der Waals surface area contributed by atoms with Crippen molar-refractivity contribution in [2.75, 3.05) is 55.5 Å². The van der Waals surface area contributed by atoms with Gasteiger partial charge in [0.2, 0.25) is 20.0 Å². The van der Waals surface area contributed by atoms with Gasteiger partial charge >= 0.3 is 28.8 Å². The molecule has 2 saturated heterocycles. The maximum absolute atomic E-state index is 11.2. The van der Waals surface area contributed by atoms with Crippen molar-refractivity contribution in [2.45, 2.75) is 57.7 Å². The van der Waals surface area contributed by atoms with E-state index in [4.69, 9.17) is 0 Å². The molecule has 1 aromatic carbocycles. The Bertz CT molecular complexity index is 1760. The molecule has 1 atom stereocenters. The van der Waals surface area contributed by atoms with Gasteiger partial charge in [-0.1, -0.05) is 32.0 Å². The number of ether oxygens (including phenoxy) is 1. The fourth-order valence-electron chi connectivity index (χ4n) is 3.36. The molecule has 0 radical (unpaired) electrons. The molecule has 1 amide bonds. The number of hydrazine groups is 1. The predicted octanol–water partition coefficient (Wildman–Crippen LogP) is -0.765. The molecular formula is C26H49N6O12S5+. The number of alkyl carbamates (subject to hydrolysis) is 1. The standard InChI is InChI=1S/C8H10O2S.C6H13NO2S.C5H9NO4S.C4H7N3O2S.C3H9NO2S/c1-2-11(9,10)8-6-4-3-5-7-8;1-2-10(8,9)7-5-3-4-6-7;1-2-11(8,9)4-3-10-5(7)6-4;1-2-10(8,9)7-4-5-3-6-7;1-3-7(5,6)4-2/h3-7H,2H2,1H3;2-6H2,1H3;4H,2-3H2,1H3,(H,6,7);3-4H,2H2,1H3;4H,3H2,1-2H3/p+1. The second kappa shape index (κ2) is 21.4. The second-order valence-corrected chi connectivity index (χ2v) is 21.1. The van der Waals surface area contributed by atoms with Crippen molar-refractivity contribution < 1.29 is 51.6 Å². The van der Waals surface area contributed by atoms with Gasteiger partial charge in [-0.15, -0.1) is 5.43 Å². The van der Waals surface area contributed by atoms with Crippen LogP contribution in [-0.2, 0) is 54.5 Å². The molecule has 18 nitrogen and oxygen atoms in total. The molecule has 3 heterocycles. The van der Waals surface area contributed by atoms with E-state index in [1.54, 1.807) is 62.3 Å². The molecule has 0 bridgehead atoms. The average Bonchev–Trinajstić information content (AvgIpc) is 3.91. The summed E-state index contributed by atoms with van der Waals surface area (Å²) in [6.07, 6.45) is 3.93. The molecule has 3 aliphatic rings. The molecule has 49 heavy (non-hydrogen) atoms. The highest BCUT2D eigenvalue weighted by molar-refractivity contribution is 7.92. The number of nitrogens with zero attached hydrogens (tertiary/aromatic N) is 3. The first-order valence-corrected chi connectivity index (χ1v) is 23.4. The van der Waals surface area contributed by atoms with Gasteiger partial charge < -0.3 is 10.1 Å². The van der Waals surface area contributed by atoms with Gasteiger partial charge in [0.15, 0.2) is 25.0 Å². The second-order valence-electron chi connectivity index (χ2n) is 9.73. The van der Waals surface area contributed by atoms with Crippen LogP contribution >= 0.6 is 0 Å². The van der Waals surface area contributed by atoms with Crippen LogP contribution in [0.3, 0.4) is 0 Å². The molecule has 1 unspecified atom stereocenters. The van der Waals surface area contributed by atoms with Crippen LogP contribution in [0.5, 0.6) is 0 Å². The van der Waals surface area contributed by atoms with Gasteiger partial charge in [0.1, 0.15) is 6.61 Å². The molecule has 0 spiro atoms. The third-order valence-electron chi connectivity index (χ3n) is 6.57. The van der Waals surface area contributed by atoms with E-state index in [1.165, 1.54) is 26.6 Å². The molecule has 0 aromatic heterocycles. The first-order chi connectivity index (χ1) is 22.7. The Morgan fingerprint density at radius 2 is 1.35 bits per heavy atom. The SMILES string of the molecule is CCS(=O)(=O)C1COC(=O)N1.CCS(=O)(=O)N1C=[N+]=CN1.CCS(=O)(=O)N1CCCC1.CCS(=O)(=O)NC.CCS(=O)(=O)c1ccccc1. The number of nitrogens with one attached hydrogen (secondary N) is 3. The number of amides is 1. The van der Waals surface area contributed by atoms with E-state index < -0.39 is 61.2 Å². The Morgan fingerprint density at radius 1 is 0.796 bits per heavy atom. The number of carbonyl (C=O) groups is 1.